The van der Waals surface area contributed by atoms with E-state index in [1.807, 2.05) is 18.2 Å². The number of amides is 1. The monoisotopic (exact) mass is 438 g/mol. The predicted molar refractivity (Wildman–Crippen MR) is 120 cm³/mol. The van der Waals surface area contributed by atoms with Crippen molar-refractivity contribution in [2.45, 2.75) is 0 Å². The van der Waals surface area contributed by atoms with Crippen LogP contribution in [0.15, 0.2) is 77.2 Å². The van der Waals surface area contributed by atoms with Gasteiger partial charge in [-0.05, 0) is 54.6 Å². The van der Waals surface area contributed by atoms with Crippen molar-refractivity contribution in [3.8, 4) is 0 Å². The lowest BCUT2D eigenvalue weighted by Crippen LogP contribution is -2.17. The molecule has 150 valence electrons. The summed E-state index contributed by atoms with van der Waals surface area (Å²) in [6.45, 7) is -0.0113. The zero-order valence-electron chi connectivity index (χ0n) is 15.6. The molecule has 0 fully saturated rings. The molecule has 0 aliphatic rings. The van der Waals surface area contributed by atoms with Crippen LogP contribution in [0.2, 0.25) is 10.0 Å². The quantitative estimate of drug-likeness (QED) is 0.347. The third-order valence-corrected chi connectivity index (χ3v) is 4.96. The molecule has 0 bridgehead atoms. The van der Waals surface area contributed by atoms with Crippen molar-refractivity contribution in [3.05, 3.63) is 94.2 Å². The van der Waals surface area contributed by atoms with E-state index >= 15 is 0 Å². The summed E-state index contributed by atoms with van der Waals surface area (Å²) in [4.78, 5) is 25.4. The molecule has 30 heavy (non-hydrogen) atoms. The van der Waals surface area contributed by atoms with E-state index < -0.39 is 5.91 Å². The highest BCUT2D eigenvalue weighted by Crippen LogP contribution is 2.31. The first-order valence-corrected chi connectivity index (χ1v) is 9.88. The number of fused-ring (bicyclic) bond motifs is 1. The van der Waals surface area contributed by atoms with Crippen LogP contribution in [0.1, 0.15) is 20.9 Å². The SMILES string of the molecule is O=C(CNc1c(C(=O)Nc2cccc(Cl)c2)oc2ccccc12)c1ccc(Cl)cc1. The lowest BCUT2D eigenvalue weighted by Gasteiger charge is -2.08. The highest BCUT2D eigenvalue weighted by Gasteiger charge is 2.21. The number of Topliss-reactive ketones (excluding diaryl/α,β-unsaturated/α-hetero) is 1. The largest absolute Gasteiger partial charge is 0.449 e. The number of hydrogen-bond acceptors (Lipinski definition) is 4. The Labute approximate surface area is 182 Å². The second-order valence-electron chi connectivity index (χ2n) is 6.55. The molecule has 0 saturated heterocycles. The third kappa shape index (κ3) is 4.32. The van der Waals surface area contributed by atoms with Crippen molar-refractivity contribution in [3.63, 3.8) is 0 Å². The predicted octanol–water partition coefficient (Wildman–Crippen LogP) is 6.29. The van der Waals surface area contributed by atoms with Crippen molar-refractivity contribution in [2.24, 2.45) is 0 Å². The van der Waals surface area contributed by atoms with Gasteiger partial charge in [-0.25, -0.2) is 0 Å². The Morgan fingerprint density at radius 1 is 0.867 bits per heavy atom. The van der Waals surface area contributed by atoms with E-state index in [2.05, 4.69) is 10.6 Å². The molecule has 4 rings (SSSR count). The van der Waals surface area contributed by atoms with Gasteiger partial charge in [-0.1, -0.05) is 41.4 Å². The van der Waals surface area contributed by atoms with Gasteiger partial charge < -0.3 is 15.1 Å². The van der Waals surface area contributed by atoms with Crippen LogP contribution in [0, 0.1) is 0 Å². The molecular formula is C23H16Cl2N2O3. The first-order chi connectivity index (χ1) is 14.5. The zero-order chi connectivity index (χ0) is 21.1. The van der Waals surface area contributed by atoms with E-state index in [4.69, 9.17) is 27.6 Å². The Morgan fingerprint density at radius 2 is 1.63 bits per heavy atom. The van der Waals surface area contributed by atoms with Gasteiger partial charge in [0.2, 0.25) is 5.76 Å². The second-order valence-corrected chi connectivity index (χ2v) is 7.42. The maximum Gasteiger partial charge on any atom is 0.293 e. The fourth-order valence-electron chi connectivity index (χ4n) is 3.04. The van der Waals surface area contributed by atoms with Gasteiger partial charge in [0.05, 0.1) is 12.2 Å². The average Bonchev–Trinajstić information content (AvgIpc) is 3.11. The molecular weight excluding hydrogens is 423 g/mol. The number of halogens is 2. The van der Waals surface area contributed by atoms with Crippen molar-refractivity contribution in [2.75, 3.05) is 17.2 Å². The Kier molecular flexibility index (Phi) is 5.74. The van der Waals surface area contributed by atoms with Crippen LogP contribution in [-0.2, 0) is 0 Å². The van der Waals surface area contributed by atoms with Gasteiger partial charge in [0.1, 0.15) is 5.58 Å². The minimum atomic E-state index is -0.449. The molecule has 4 aromatic rings. The van der Waals surface area contributed by atoms with E-state index in [0.29, 0.717) is 38.0 Å². The summed E-state index contributed by atoms with van der Waals surface area (Å²) in [6.07, 6.45) is 0. The molecule has 1 amide bonds. The normalized spacial score (nSPS) is 10.7. The van der Waals surface area contributed by atoms with Gasteiger partial charge in [-0.2, -0.15) is 0 Å². The Bertz CT molecular complexity index is 1230. The van der Waals surface area contributed by atoms with Crippen LogP contribution in [0.5, 0.6) is 0 Å². The minimum absolute atomic E-state index is 0.0113. The first-order valence-electron chi connectivity index (χ1n) is 9.12. The molecule has 0 unspecified atom stereocenters. The van der Waals surface area contributed by atoms with Crippen LogP contribution >= 0.6 is 23.2 Å². The number of carbonyl (C=O) groups excluding carboxylic acids is 2. The molecule has 0 aliphatic carbocycles. The fraction of sp³-hybridized carbons (Fsp3) is 0.0435. The fourth-order valence-corrected chi connectivity index (χ4v) is 3.36. The number of para-hydroxylation sites is 1. The van der Waals surface area contributed by atoms with E-state index in [1.54, 1.807) is 54.6 Å². The highest BCUT2D eigenvalue weighted by molar-refractivity contribution is 6.31. The van der Waals surface area contributed by atoms with Crippen molar-refractivity contribution in [1.82, 2.24) is 0 Å². The van der Waals surface area contributed by atoms with E-state index in [1.165, 1.54) is 0 Å². The third-order valence-electron chi connectivity index (χ3n) is 4.48. The molecule has 5 nitrogen and oxygen atoms in total. The standard InChI is InChI=1S/C23H16Cl2N2O3/c24-15-10-8-14(9-11-15)19(28)13-26-21-18-6-1-2-7-20(18)30-22(21)23(29)27-17-5-3-4-16(25)12-17/h1-12,26H,13H2,(H,27,29). The number of carbonyl (C=O) groups is 2. The molecule has 0 spiro atoms. The lowest BCUT2D eigenvalue weighted by atomic mass is 10.1. The maximum absolute atomic E-state index is 12.9. The summed E-state index contributed by atoms with van der Waals surface area (Å²) >= 11 is 11.9. The maximum atomic E-state index is 12.9. The smallest absolute Gasteiger partial charge is 0.293 e. The number of ketones is 1. The number of rotatable bonds is 6. The number of anilines is 2. The van der Waals surface area contributed by atoms with Gasteiger partial charge in [-0.15, -0.1) is 0 Å². The van der Waals surface area contributed by atoms with Crippen molar-refractivity contribution in [1.29, 1.82) is 0 Å². The molecule has 7 heteroatoms. The summed E-state index contributed by atoms with van der Waals surface area (Å²) < 4.78 is 5.78. The van der Waals surface area contributed by atoms with Crippen LogP contribution in [0.25, 0.3) is 11.0 Å². The van der Waals surface area contributed by atoms with Crippen LogP contribution in [-0.4, -0.2) is 18.2 Å². The molecule has 0 saturated carbocycles. The van der Waals surface area contributed by atoms with Gasteiger partial charge >= 0.3 is 0 Å². The number of furan rings is 1. The zero-order valence-corrected chi connectivity index (χ0v) is 17.1. The van der Waals surface area contributed by atoms with Crippen LogP contribution < -0.4 is 10.6 Å². The number of nitrogens with one attached hydrogen (secondary N) is 2. The van der Waals surface area contributed by atoms with Crippen molar-refractivity contribution < 1.29 is 14.0 Å². The summed E-state index contributed by atoms with van der Waals surface area (Å²) in [5.74, 6) is -0.506. The van der Waals surface area contributed by atoms with Crippen molar-refractivity contribution >= 4 is 57.2 Å². The first kappa shape index (κ1) is 20.0. The highest BCUT2D eigenvalue weighted by atomic mass is 35.5. The summed E-state index contributed by atoms with van der Waals surface area (Å²) in [6, 6.07) is 20.7. The molecule has 0 aliphatic heterocycles. The minimum Gasteiger partial charge on any atom is -0.449 e. The average molecular weight is 439 g/mol. The van der Waals surface area contributed by atoms with Gasteiger partial charge in [0.25, 0.3) is 5.91 Å². The van der Waals surface area contributed by atoms with Gasteiger partial charge in [0, 0.05) is 26.7 Å². The summed E-state index contributed by atoms with van der Waals surface area (Å²) in [5, 5.41) is 7.60. The molecule has 0 radical (unpaired) electrons. The molecule has 1 heterocycles. The van der Waals surface area contributed by atoms with Crippen LogP contribution in [0.3, 0.4) is 0 Å². The second kappa shape index (κ2) is 8.61. The topological polar surface area (TPSA) is 71.3 Å². The molecule has 0 atom stereocenters. The number of benzene rings is 3. The Morgan fingerprint density at radius 3 is 2.40 bits per heavy atom. The number of hydrogen-bond donors (Lipinski definition) is 2. The summed E-state index contributed by atoms with van der Waals surface area (Å²) in [5.41, 5.74) is 2.04. The molecule has 2 N–H and O–H groups in total. The Hall–Kier alpha value is -3.28. The van der Waals surface area contributed by atoms with Crippen LogP contribution in [0.4, 0.5) is 11.4 Å². The Balaban J connectivity index is 1.60. The van der Waals surface area contributed by atoms with E-state index in [0.717, 1.165) is 0 Å². The van der Waals surface area contributed by atoms with Gasteiger partial charge in [-0.3, -0.25) is 9.59 Å². The lowest BCUT2D eigenvalue weighted by molar-refractivity contribution is 0.0991. The molecule has 1 aromatic heterocycles. The van der Waals surface area contributed by atoms with Gasteiger partial charge in [0.15, 0.2) is 5.78 Å². The van der Waals surface area contributed by atoms with E-state index in [-0.39, 0.29) is 18.1 Å². The summed E-state index contributed by atoms with van der Waals surface area (Å²) in [7, 11) is 0. The molecule has 3 aromatic carbocycles. The van der Waals surface area contributed by atoms with E-state index in [9.17, 15) is 9.59 Å².